The number of benzene rings is 3. The Hall–Kier alpha value is -3.98. The van der Waals surface area contributed by atoms with E-state index in [0.29, 0.717) is 0 Å². The van der Waals surface area contributed by atoms with Crippen molar-refractivity contribution in [3.63, 3.8) is 0 Å². The van der Waals surface area contributed by atoms with Crippen LogP contribution in [-0.4, -0.2) is 9.38 Å². The summed E-state index contributed by atoms with van der Waals surface area (Å²) in [7, 11) is 2.17. The average molecular weight is 455 g/mol. The summed E-state index contributed by atoms with van der Waals surface area (Å²) in [6.07, 6.45) is 6.33. The number of pyridine rings is 2. The summed E-state index contributed by atoms with van der Waals surface area (Å²) < 4.78 is 4.71. The predicted molar refractivity (Wildman–Crippen MR) is 146 cm³/mol. The van der Waals surface area contributed by atoms with E-state index in [2.05, 4.69) is 116 Å². The fraction of sp³-hybridized carbons (Fsp3) is 0.188. The summed E-state index contributed by atoms with van der Waals surface area (Å²) in [5, 5.41) is 7.62. The molecular weight excluding hydrogens is 426 g/mol. The summed E-state index contributed by atoms with van der Waals surface area (Å²) in [4.78, 5) is 4.65. The number of hydrogen-bond donors (Lipinski definition) is 0. The first-order valence-electron chi connectivity index (χ1n) is 12.3. The molecule has 3 heteroatoms. The molecule has 7 rings (SSSR count). The van der Waals surface area contributed by atoms with Crippen LogP contribution in [0.5, 0.6) is 0 Å². The molecule has 0 radical (unpaired) electrons. The maximum absolute atomic E-state index is 4.65. The lowest BCUT2D eigenvalue weighted by atomic mass is 9.80. The third-order valence-electron chi connectivity index (χ3n) is 7.76. The van der Waals surface area contributed by atoms with Gasteiger partial charge in [-0.25, -0.2) is 0 Å². The lowest BCUT2D eigenvalue weighted by Gasteiger charge is -2.23. The van der Waals surface area contributed by atoms with Crippen molar-refractivity contribution in [3.8, 4) is 11.3 Å². The molecule has 0 atom stereocenters. The Kier molecular flexibility index (Phi) is 3.96. The van der Waals surface area contributed by atoms with Crippen LogP contribution in [-0.2, 0) is 12.5 Å². The minimum atomic E-state index is 0.0458. The van der Waals surface area contributed by atoms with Crippen molar-refractivity contribution in [1.29, 1.82) is 0 Å². The zero-order chi connectivity index (χ0) is 24.1. The van der Waals surface area contributed by atoms with Crippen molar-refractivity contribution in [1.82, 2.24) is 9.38 Å². The van der Waals surface area contributed by atoms with Gasteiger partial charge in [0.1, 0.15) is 12.6 Å². The van der Waals surface area contributed by atoms with Crippen LogP contribution in [0, 0.1) is 6.92 Å². The molecule has 0 unspecified atom stereocenters. The number of nitrogens with zero attached hydrogens (tertiary/aromatic N) is 3. The van der Waals surface area contributed by atoms with E-state index in [0.717, 1.165) is 0 Å². The van der Waals surface area contributed by atoms with E-state index >= 15 is 0 Å². The van der Waals surface area contributed by atoms with Crippen LogP contribution < -0.4 is 4.57 Å². The van der Waals surface area contributed by atoms with E-state index in [4.69, 9.17) is 0 Å². The van der Waals surface area contributed by atoms with Crippen LogP contribution >= 0.6 is 0 Å². The number of rotatable bonds is 1. The molecule has 0 aliphatic heterocycles. The van der Waals surface area contributed by atoms with Gasteiger partial charge in [-0.3, -0.25) is 4.98 Å². The Morgan fingerprint density at radius 3 is 2.14 bits per heavy atom. The third-order valence-corrected chi connectivity index (χ3v) is 7.76. The minimum Gasteiger partial charge on any atom is -0.303 e. The Labute approximate surface area is 204 Å². The highest BCUT2D eigenvalue weighted by molar-refractivity contribution is 6.22. The molecule has 4 aromatic heterocycles. The van der Waals surface area contributed by atoms with E-state index in [1.807, 2.05) is 12.4 Å². The standard InChI is InChI=1S/C32H28N3/c1-19-20-10-6-7-11-21(20)27(32(2,3)4)14-23(19)29-15-24-26-17-33-16-25-22-12-8-9-13-28(22)35(31(25)26)30(24)18-34(29)5/h6-18H,1-5H3/q+1. The zero-order valence-electron chi connectivity index (χ0n) is 20.8. The van der Waals surface area contributed by atoms with Crippen molar-refractivity contribution in [2.75, 3.05) is 0 Å². The molecule has 3 nitrogen and oxygen atoms in total. The first kappa shape index (κ1) is 20.4. The fourth-order valence-corrected chi connectivity index (χ4v) is 6.06. The topological polar surface area (TPSA) is 21.2 Å². The first-order chi connectivity index (χ1) is 16.8. The quantitative estimate of drug-likeness (QED) is 0.236. The maximum Gasteiger partial charge on any atom is 0.213 e. The van der Waals surface area contributed by atoms with Crippen molar-refractivity contribution >= 4 is 48.9 Å². The van der Waals surface area contributed by atoms with E-state index in [-0.39, 0.29) is 5.41 Å². The van der Waals surface area contributed by atoms with Crippen molar-refractivity contribution in [2.45, 2.75) is 33.1 Å². The molecule has 7 aromatic rings. The van der Waals surface area contributed by atoms with Crippen molar-refractivity contribution in [2.24, 2.45) is 7.05 Å². The molecule has 0 aliphatic rings. The number of aryl methyl sites for hydroxylation is 2. The predicted octanol–water partition coefficient (Wildman–Crippen LogP) is 7.48. The van der Waals surface area contributed by atoms with E-state index in [1.165, 1.54) is 71.3 Å². The molecule has 3 aromatic carbocycles. The molecule has 0 N–H and O–H groups in total. The summed E-state index contributed by atoms with van der Waals surface area (Å²) >= 11 is 0. The molecule has 0 amide bonds. The average Bonchev–Trinajstić information content (AvgIpc) is 3.35. The minimum absolute atomic E-state index is 0.0458. The summed E-state index contributed by atoms with van der Waals surface area (Å²) in [6, 6.07) is 22.3. The molecule has 4 heterocycles. The Morgan fingerprint density at radius 2 is 1.40 bits per heavy atom. The summed E-state index contributed by atoms with van der Waals surface area (Å²) in [5.41, 5.74) is 8.99. The number of aromatic nitrogens is 3. The van der Waals surface area contributed by atoms with Crippen LogP contribution in [0.4, 0.5) is 0 Å². The molecule has 35 heavy (non-hydrogen) atoms. The van der Waals surface area contributed by atoms with Crippen molar-refractivity contribution < 1.29 is 4.57 Å². The number of fused-ring (bicyclic) bond motifs is 7. The van der Waals surface area contributed by atoms with Crippen LogP contribution in [0.3, 0.4) is 0 Å². The molecule has 0 spiro atoms. The van der Waals surface area contributed by atoms with Crippen molar-refractivity contribution in [3.05, 3.63) is 90.4 Å². The van der Waals surface area contributed by atoms with Crippen LogP contribution in [0.25, 0.3) is 60.1 Å². The van der Waals surface area contributed by atoms with Gasteiger partial charge in [0, 0.05) is 45.6 Å². The Balaban J connectivity index is 1.62. The van der Waals surface area contributed by atoms with Gasteiger partial charge in [-0.15, -0.1) is 0 Å². The molecule has 170 valence electrons. The van der Waals surface area contributed by atoms with Gasteiger partial charge in [0.15, 0.2) is 6.20 Å². The first-order valence-corrected chi connectivity index (χ1v) is 12.3. The lowest BCUT2D eigenvalue weighted by Crippen LogP contribution is -2.31. The van der Waals surface area contributed by atoms with Crippen LogP contribution in [0.1, 0.15) is 31.9 Å². The normalized spacial score (nSPS) is 12.7. The molecule has 0 saturated heterocycles. The van der Waals surface area contributed by atoms with Crippen LogP contribution in [0.2, 0.25) is 0 Å². The van der Waals surface area contributed by atoms with Gasteiger partial charge >= 0.3 is 0 Å². The molecule has 0 fully saturated rings. The second kappa shape index (κ2) is 6.79. The summed E-state index contributed by atoms with van der Waals surface area (Å²) in [5.74, 6) is 0. The van der Waals surface area contributed by atoms with Crippen LogP contribution in [0.15, 0.2) is 79.3 Å². The van der Waals surface area contributed by atoms with Gasteiger partial charge in [0.25, 0.3) is 0 Å². The lowest BCUT2D eigenvalue weighted by molar-refractivity contribution is -0.659. The zero-order valence-corrected chi connectivity index (χ0v) is 20.8. The van der Waals surface area contributed by atoms with E-state index in [9.17, 15) is 0 Å². The highest BCUT2D eigenvalue weighted by Crippen LogP contribution is 2.41. The molecule has 0 aliphatic carbocycles. The third kappa shape index (κ3) is 2.67. The van der Waals surface area contributed by atoms with Gasteiger partial charge in [0.05, 0.1) is 11.0 Å². The SMILES string of the molecule is Cc1c(-c2cc3c4cncc5c6ccccc6n(c3c[n+]2C)c54)cc(C(C)(C)C)c2ccccc12. The van der Waals surface area contributed by atoms with Gasteiger partial charge in [-0.1, -0.05) is 63.2 Å². The van der Waals surface area contributed by atoms with E-state index in [1.54, 1.807) is 0 Å². The summed E-state index contributed by atoms with van der Waals surface area (Å²) in [6.45, 7) is 9.18. The van der Waals surface area contributed by atoms with Gasteiger partial charge in [0.2, 0.25) is 5.69 Å². The second-order valence-corrected chi connectivity index (χ2v) is 10.9. The Bertz CT molecular complexity index is 1950. The number of para-hydroxylation sites is 1. The van der Waals surface area contributed by atoms with Gasteiger partial charge < -0.3 is 4.40 Å². The molecular formula is C32H28N3+. The van der Waals surface area contributed by atoms with Gasteiger partial charge in [-0.05, 0) is 46.4 Å². The fourth-order valence-electron chi connectivity index (χ4n) is 6.06. The Morgan fingerprint density at radius 1 is 0.743 bits per heavy atom. The highest BCUT2D eigenvalue weighted by atomic mass is 15.0. The monoisotopic (exact) mass is 454 g/mol. The largest absolute Gasteiger partial charge is 0.303 e. The van der Waals surface area contributed by atoms with E-state index < -0.39 is 0 Å². The number of hydrogen-bond acceptors (Lipinski definition) is 1. The molecule has 0 bridgehead atoms. The molecule has 0 saturated carbocycles. The second-order valence-electron chi connectivity index (χ2n) is 10.9. The highest BCUT2D eigenvalue weighted by Gasteiger charge is 2.25. The van der Waals surface area contributed by atoms with Gasteiger partial charge in [-0.2, -0.15) is 4.57 Å². The maximum atomic E-state index is 4.65. The smallest absolute Gasteiger partial charge is 0.213 e.